The van der Waals surface area contributed by atoms with E-state index in [9.17, 15) is 24.7 Å². The Morgan fingerprint density at radius 3 is 2.34 bits per heavy atom. The number of amides is 3. The first-order valence-electron chi connectivity index (χ1n) is 13.7. The second-order valence-electron chi connectivity index (χ2n) is 9.88. The Morgan fingerprint density at radius 1 is 0.955 bits per heavy atom. The number of nitrogens with zero attached hydrogens (tertiary/aromatic N) is 5. The van der Waals surface area contributed by atoms with Gasteiger partial charge >= 0.3 is 0 Å². The van der Waals surface area contributed by atoms with Gasteiger partial charge in [0.2, 0.25) is 11.8 Å². The van der Waals surface area contributed by atoms with Crippen LogP contribution in [0.25, 0.3) is 21.5 Å². The first kappa shape index (κ1) is 31.1. The van der Waals surface area contributed by atoms with Crippen molar-refractivity contribution in [3.63, 3.8) is 0 Å². The Bertz CT molecular complexity index is 1710. The van der Waals surface area contributed by atoms with Crippen LogP contribution >= 0.6 is 0 Å². The molecular weight excluding hydrogens is 564 g/mol. The van der Waals surface area contributed by atoms with E-state index in [4.69, 9.17) is 10.5 Å². The number of aromatic nitrogens is 2. The van der Waals surface area contributed by atoms with Crippen LogP contribution in [0.15, 0.2) is 90.2 Å². The smallest absolute Gasteiger partial charge is 0.272 e. The number of nitrogens with one attached hydrogen (secondary N) is 2. The van der Waals surface area contributed by atoms with Gasteiger partial charge in [0.25, 0.3) is 5.91 Å². The number of primary amides is 1. The van der Waals surface area contributed by atoms with Crippen molar-refractivity contribution in [1.29, 1.82) is 0 Å². The number of ether oxygens (including phenoxy) is 1. The number of carbonyl (C=O) groups is 4. The maximum atomic E-state index is 13.6. The topological polar surface area (TPSA) is 202 Å². The molecule has 0 aliphatic heterocycles. The number of hydrogen-bond acceptors (Lipinski definition) is 8. The van der Waals surface area contributed by atoms with Crippen molar-refractivity contribution in [3.8, 4) is 5.75 Å². The molecule has 0 fully saturated rings. The first-order chi connectivity index (χ1) is 21.2. The number of azide groups is 1. The van der Waals surface area contributed by atoms with Gasteiger partial charge in [-0.2, -0.15) is 0 Å². The quantitative estimate of drug-likeness (QED) is 0.0859. The standard InChI is InChI=1S/C31H30N8O5/c1-19(40)21-11-5-8-14-28(21)44-18-27(38-39-33)24(15-20-9-3-2-4-10-20)36-30(42)25(16-29(32)41)37-31(43)26-17-34-22-12-6-7-13-23(22)35-26/h2-14,17,24-25,27H,15-16,18H2,1H3,(H2,32,41)(H,36,42)(H,37,43)/t24-,25-,27+/m0/s1. The monoisotopic (exact) mass is 594 g/mol. The van der Waals surface area contributed by atoms with Crippen molar-refractivity contribution < 1.29 is 23.9 Å². The van der Waals surface area contributed by atoms with Gasteiger partial charge in [0.05, 0.1) is 41.9 Å². The van der Waals surface area contributed by atoms with Gasteiger partial charge in [0.1, 0.15) is 17.5 Å². The fraction of sp³-hybridized carbons (Fsp3) is 0.226. The van der Waals surface area contributed by atoms with E-state index in [1.54, 1.807) is 48.5 Å². The third-order valence-electron chi connectivity index (χ3n) is 6.67. The Labute approximate surface area is 252 Å². The molecule has 0 unspecified atom stereocenters. The minimum atomic E-state index is -1.38. The number of carbonyl (C=O) groups excluding carboxylic acids is 4. The molecule has 0 aliphatic carbocycles. The predicted molar refractivity (Wildman–Crippen MR) is 162 cm³/mol. The molecule has 1 heterocycles. The van der Waals surface area contributed by atoms with Crippen molar-refractivity contribution in [2.24, 2.45) is 10.8 Å². The summed E-state index contributed by atoms with van der Waals surface area (Å²) in [6.45, 7) is 1.22. The summed E-state index contributed by atoms with van der Waals surface area (Å²) >= 11 is 0. The lowest BCUT2D eigenvalue weighted by Crippen LogP contribution is -2.54. The maximum Gasteiger partial charge on any atom is 0.272 e. The second kappa shape index (κ2) is 14.9. The van der Waals surface area contributed by atoms with Crippen molar-refractivity contribution in [3.05, 3.63) is 112 Å². The van der Waals surface area contributed by atoms with Gasteiger partial charge in [-0.05, 0) is 48.7 Å². The number of rotatable bonds is 14. The molecule has 3 amide bonds. The fourth-order valence-corrected chi connectivity index (χ4v) is 4.50. The molecule has 0 saturated carbocycles. The first-order valence-corrected chi connectivity index (χ1v) is 13.7. The Hall–Kier alpha value is -5.81. The van der Waals surface area contributed by atoms with Crippen LogP contribution in [-0.4, -0.2) is 58.2 Å². The van der Waals surface area contributed by atoms with Crippen molar-refractivity contribution >= 4 is 34.5 Å². The summed E-state index contributed by atoms with van der Waals surface area (Å²) in [5.74, 6) is -2.23. The van der Waals surface area contributed by atoms with Crippen molar-refractivity contribution in [2.75, 3.05) is 6.61 Å². The zero-order valence-electron chi connectivity index (χ0n) is 23.8. The van der Waals surface area contributed by atoms with Gasteiger partial charge in [-0.15, -0.1) is 0 Å². The molecule has 0 radical (unpaired) electrons. The van der Waals surface area contributed by atoms with Gasteiger partial charge in [0, 0.05) is 11.0 Å². The fourth-order valence-electron chi connectivity index (χ4n) is 4.50. The lowest BCUT2D eigenvalue weighted by Gasteiger charge is -2.27. The molecule has 224 valence electrons. The van der Waals surface area contributed by atoms with Crippen molar-refractivity contribution in [2.45, 2.75) is 37.9 Å². The molecule has 13 heteroatoms. The molecule has 44 heavy (non-hydrogen) atoms. The van der Waals surface area contributed by atoms with Crippen LogP contribution in [-0.2, 0) is 16.0 Å². The summed E-state index contributed by atoms with van der Waals surface area (Å²) in [7, 11) is 0. The van der Waals surface area contributed by atoms with E-state index in [0.717, 1.165) is 5.56 Å². The molecule has 4 aromatic rings. The average Bonchev–Trinajstić information content (AvgIpc) is 3.02. The van der Waals surface area contributed by atoms with Crippen LogP contribution in [0, 0.1) is 0 Å². The Kier molecular flexibility index (Phi) is 10.5. The van der Waals surface area contributed by atoms with Crippen LogP contribution in [0.1, 0.15) is 39.8 Å². The second-order valence-corrected chi connectivity index (χ2v) is 9.88. The largest absolute Gasteiger partial charge is 0.492 e. The van der Waals surface area contributed by atoms with Crippen LogP contribution in [0.5, 0.6) is 5.75 Å². The lowest BCUT2D eigenvalue weighted by atomic mass is 9.99. The van der Waals surface area contributed by atoms with Gasteiger partial charge < -0.3 is 21.1 Å². The van der Waals surface area contributed by atoms with E-state index in [1.165, 1.54) is 13.1 Å². The predicted octanol–water partition coefficient (Wildman–Crippen LogP) is 3.29. The zero-order valence-corrected chi connectivity index (χ0v) is 23.8. The van der Waals surface area contributed by atoms with Crippen LogP contribution in [0.2, 0.25) is 0 Å². The van der Waals surface area contributed by atoms with Gasteiger partial charge in [-0.3, -0.25) is 24.2 Å². The average molecular weight is 595 g/mol. The molecule has 3 atom stereocenters. The molecular formula is C31H30N8O5. The number of benzene rings is 3. The summed E-state index contributed by atoms with van der Waals surface area (Å²) in [4.78, 5) is 62.1. The van der Waals surface area contributed by atoms with Crippen LogP contribution in [0.4, 0.5) is 0 Å². The van der Waals surface area contributed by atoms with E-state index in [1.807, 2.05) is 30.3 Å². The maximum absolute atomic E-state index is 13.6. The summed E-state index contributed by atoms with van der Waals surface area (Å²) in [6, 6.07) is 19.5. The van der Waals surface area contributed by atoms with E-state index in [-0.39, 0.29) is 24.5 Å². The number of ketones is 1. The summed E-state index contributed by atoms with van der Waals surface area (Å²) in [6.07, 6.45) is 0.968. The normalized spacial score (nSPS) is 12.7. The van der Waals surface area contributed by atoms with Gasteiger partial charge in [-0.1, -0.05) is 59.7 Å². The molecule has 4 rings (SSSR count). The number of fused-ring (bicyclic) bond motifs is 1. The summed E-state index contributed by atoms with van der Waals surface area (Å²) in [5, 5.41) is 9.21. The number of para-hydroxylation sites is 3. The minimum Gasteiger partial charge on any atom is -0.492 e. The van der Waals surface area contributed by atoms with E-state index < -0.39 is 42.3 Å². The zero-order chi connectivity index (χ0) is 31.5. The third-order valence-corrected chi connectivity index (χ3v) is 6.67. The van der Waals surface area contributed by atoms with Crippen LogP contribution < -0.4 is 21.1 Å². The molecule has 1 aromatic heterocycles. The summed E-state index contributed by atoms with van der Waals surface area (Å²) in [5.41, 5.74) is 16.9. The van der Waals surface area contributed by atoms with E-state index >= 15 is 0 Å². The molecule has 3 aromatic carbocycles. The Morgan fingerprint density at radius 2 is 1.64 bits per heavy atom. The molecule has 4 N–H and O–H groups in total. The third kappa shape index (κ3) is 8.37. The van der Waals surface area contributed by atoms with Gasteiger partial charge in [-0.25, -0.2) is 4.98 Å². The highest BCUT2D eigenvalue weighted by Gasteiger charge is 2.30. The van der Waals surface area contributed by atoms with Gasteiger partial charge in [0.15, 0.2) is 5.78 Å². The summed E-state index contributed by atoms with van der Waals surface area (Å²) < 4.78 is 5.90. The highest BCUT2D eigenvalue weighted by atomic mass is 16.5. The van der Waals surface area contributed by atoms with E-state index in [2.05, 4.69) is 30.6 Å². The lowest BCUT2D eigenvalue weighted by molar-refractivity contribution is -0.127. The molecule has 0 saturated heterocycles. The Balaban J connectivity index is 1.58. The minimum absolute atomic E-state index is 0.0590. The van der Waals surface area contributed by atoms with Crippen molar-refractivity contribution in [1.82, 2.24) is 20.6 Å². The molecule has 13 nitrogen and oxygen atoms in total. The molecule has 0 spiro atoms. The SMILES string of the molecule is CC(=O)c1ccccc1OC[C@@H](N=[N+]=[N-])[C@H](Cc1ccccc1)NC(=O)[C@H](CC(N)=O)NC(=O)c1cnc2ccccc2n1. The highest BCUT2D eigenvalue weighted by molar-refractivity contribution is 5.98. The number of nitrogens with two attached hydrogens (primary N) is 1. The number of Topliss-reactive ketones (excluding diaryl/α,β-unsaturated/α-hetero) is 1. The highest BCUT2D eigenvalue weighted by Crippen LogP contribution is 2.20. The van der Waals surface area contributed by atoms with Crippen LogP contribution in [0.3, 0.4) is 0 Å². The number of hydrogen-bond donors (Lipinski definition) is 3. The molecule has 0 bridgehead atoms. The van der Waals surface area contributed by atoms with E-state index in [0.29, 0.717) is 22.3 Å². The molecule has 0 aliphatic rings.